The number of hydrogen-bond acceptors (Lipinski definition) is 3. The zero-order chi connectivity index (χ0) is 11.1. The summed E-state index contributed by atoms with van der Waals surface area (Å²) < 4.78 is 4.60. The summed E-state index contributed by atoms with van der Waals surface area (Å²) in [5.74, 6) is 0.337. The third-order valence-electron chi connectivity index (χ3n) is 2.53. The van der Waals surface area contributed by atoms with Crippen molar-refractivity contribution >= 4 is 12.0 Å². The summed E-state index contributed by atoms with van der Waals surface area (Å²) in [6, 6.07) is 0. The molecular weight excluding hydrogens is 196 g/mol. The van der Waals surface area contributed by atoms with Gasteiger partial charge >= 0.3 is 6.09 Å². The lowest BCUT2D eigenvalue weighted by atomic mass is 10.0. The number of ether oxygens (including phenoxy) is 1. The molecule has 1 aliphatic carbocycles. The monoisotopic (exact) mass is 214 g/mol. The summed E-state index contributed by atoms with van der Waals surface area (Å²) in [5.41, 5.74) is 4.53. The Morgan fingerprint density at radius 3 is 2.53 bits per heavy atom. The molecule has 0 aliphatic heterocycles. The standard InChI is InChI=1S/C10H18N2O3/c1-2-15-10(14)12-11-9(13)7-8-5-3-4-6-8/h8H,2-7H2,1H3,(H,11,13)(H,12,14). The molecule has 0 aromatic heterocycles. The molecule has 0 aromatic rings. The molecule has 1 saturated carbocycles. The van der Waals surface area contributed by atoms with Gasteiger partial charge in [0.1, 0.15) is 0 Å². The lowest BCUT2D eigenvalue weighted by Crippen LogP contribution is -2.42. The van der Waals surface area contributed by atoms with Gasteiger partial charge in [0.05, 0.1) is 6.61 Å². The van der Waals surface area contributed by atoms with Crippen LogP contribution in [0.4, 0.5) is 4.79 Å². The molecule has 1 aliphatic rings. The van der Waals surface area contributed by atoms with Gasteiger partial charge in [-0.25, -0.2) is 10.2 Å². The molecule has 5 nitrogen and oxygen atoms in total. The second kappa shape index (κ2) is 6.27. The van der Waals surface area contributed by atoms with Gasteiger partial charge in [-0.3, -0.25) is 10.2 Å². The second-order valence-electron chi connectivity index (χ2n) is 3.75. The molecule has 1 fully saturated rings. The summed E-state index contributed by atoms with van der Waals surface area (Å²) in [6.07, 6.45) is 4.54. The van der Waals surface area contributed by atoms with E-state index in [0.717, 1.165) is 12.8 Å². The highest BCUT2D eigenvalue weighted by Gasteiger charge is 2.18. The molecule has 0 spiro atoms. The zero-order valence-electron chi connectivity index (χ0n) is 9.04. The van der Waals surface area contributed by atoms with Crippen LogP contribution in [0.5, 0.6) is 0 Å². The Hall–Kier alpha value is -1.26. The fraction of sp³-hybridized carbons (Fsp3) is 0.800. The van der Waals surface area contributed by atoms with Crippen LogP contribution in [0.15, 0.2) is 0 Å². The van der Waals surface area contributed by atoms with Gasteiger partial charge in [0.2, 0.25) is 5.91 Å². The van der Waals surface area contributed by atoms with Crippen molar-refractivity contribution in [2.75, 3.05) is 6.61 Å². The average molecular weight is 214 g/mol. The second-order valence-corrected chi connectivity index (χ2v) is 3.75. The van der Waals surface area contributed by atoms with E-state index in [2.05, 4.69) is 15.6 Å². The predicted molar refractivity (Wildman–Crippen MR) is 54.9 cm³/mol. The number of carbonyl (C=O) groups excluding carboxylic acids is 2. The molecule has 0 saturated heterocycles. The summed E-state index contributed by atoms with van der Waals surface area (Å²) in [4.78, 5) is 22.2. The van der Waals surface area contributed by atoms with Gasteiger partial charge in [-0.1, -0.05) is 12.8 Å². The van der Waals surface area contributed by atoms with E-state index in [1.807, 2.05) is 0 Å². The van der Waals surface area contributed by atoms with E-state index in [0.29, 0.717) is 18.9 Å². The van der Waals surface area contributed by atoms with Crippen LogP contribution in [0.2, 0.25) is 0 Å². The minimum atomic E-state index is -0.614. The SMILES string of the molecule is CCOC(=O)NNC(=O)CC1CCCC1. The Morgan fingerprint density at radius 2 is 1.93 bits per heavy atom. The highest BCUT2D eigenvalue weighted by molar-refractivity contribution is 5.79. The van der Waals surface area contributed by atoms with E-state index in [-0.39, 0.29) is 5.91 Å². The highest BCUT2D eigenvalue weighted by Crippen LogP contribution is 2.27. The van der Waals surface area contributed by atoms with Crippen molar-refractivity contribution in [1.29, 1.82) is 0 Å². The molecule has 15 heavy (non-hydrogen) atoms. The Kier molecular flexibility index (Phi) is 4.93. The van der Waals surface area contributed by atoms with E-state index < -0.39 is 6.09 Å². The maximum atomic E-state index is 11.3. The number of rotatable bonds is 3. The molecule has 2 amide bonds. The van der Waals surface area contributed by atoms with E-state index in [1.165, 1.54) is 12.8 Å². The Labute approximate surface area is 89.5 Å². The summed E-state index contributed by atoms with van der Waals surface area (Å²) in [7, 11) is 0. The van der Waals surface area contributed by atoms with Crippen molar-refractivity contribution < 1.29 is 14.3 Å². The van der Waals surface area contributed by atoms with Gasteiger partial charge in [-0.05, 0) is 25.7 Å². The Morgan fingerprint density at radius 1 is 1.27 bits per heavy atom. The van der Waals surface area contributed by atoms with Crippen molar-refractivity contribution in [3.8, 4) is 0 Å². The number of hydrazine groups is 1. The van der Waals surface area contributed by atoms with Crippen molar-refractivity contribution in [2.45, 2.75) is 39.0 Å². The van der Waals surface area contributed by atoms with Crippen molar-refractivity contribution in [1.82, 2.24) is 10.9 Å². The number of hydrogen-bond donors (Lipinski definition) is 2. The fourth-order valence-electron chi connectivity index (χ4n) is 1.82. The molecule has 0 radical (unpaired) electrons. The van der Waals surface area contributed by atoms with E-state index in [4.69, 9.17) is 0 Å². The van der Waals surface area contributed by atoms with E-state index in [9.17, 15) is 9.59 Å². The van der Waals surface area contributed by atoms with Crippen molar-refractivity contribution in [3.63, 3.8) is 0 Å². The normalized spacial score (nSPS) is 16.1. The molecule has 2 N–H and O–H groups in total. The van der Waals surface area contributed by atoms with Crippen LogP contribution in [0.25, 0.3) is 0 Å². The number of amides is 2. The van der Waals surface area contributed by atoms with Crippen molar-refractivity contribution in [3.05, 3.63) is 0 Å². The topological polar surface area (TPSA) is 67.4 Å². The van der Waals surface area contributed by atoms with E-state index in [1.54, 1.807) is 6.92 Å². The summed E-state index contributed by atoms with van der Waals surface area (Å²) in [6.45, 7) is 2.00. The number of nitrogens with one attached hydrogen (secondary N) is 2. The third-order valence-corrected chi connectivity index (χ3v) is 2.53. The maximum absolute atomic E-state index is 11.3. The van der Waals surface area contributed by atoms with Gasteiger partial charge in [0, 0.05) is 6.42 Å². The first-order chi connectivity index (χ1) is 7.22. The van der Waals surface area contributed by atoms with Crippen LogP contribution in [0.3, 0.4) is 0 Å². The van der Waals surface area contributed by atoms with Gasteiger partial charge in [-0.15, -0.1) is 0 Å². The Bertz CT molecular complexity index is 225. The molecular formula is C10H18N2O3. The van der Waals surface area contributed by atoms with Crippen molar-refractivity contribution in [2.24, 2.45) is 5.92 Å². The molecule has 86 valence electrons. The van der Waals surface area contributed by atoms with Crippen LogP contribution in [-0.4, -0.2) is 18.6 Å². The zero-order valence-corrected chi connectivity index (χ0v) is 9.04. The van der Waals surface area contributed by atoms with Crippen LogP contribution in [0, 0.1) is 5.92 Å². The molecule has 5 heteroatoms. The molecule has 0 bridgehead atoms. The van der Waals surface area contributed by atoms with Gasteiger partial charge in [-0.2, -0.15) is 0 Å². The van der Waals surface area contributed by atoms with E-state index >= 15 is 0 Å². The summed E-state index contributed by atoms with van der Waals surface area (Å²) in [5, 5.41) is 0. The van der Waals surface area contributed by atoms with Crippen LogP contribution in [-0.2, 0) is 9.53 Å². The lowest BCUT2D eigenvalue weighted by molar-refractivity contribution is -0.122. The van der Waals surface area contributed by atoms with Crippen LogP contribution in [0.1, 0.15) is 39.0 Å². The minimum Gasteiger partial charge on any atom is -0.449 e. The summed E-state index contributed by atoms with van der Waals surface area (Å²) >= 11 is 0. The Balaban J connectivity index is 2.10. The molecule has 0 atom stereocenters. The first-order valence-electron chi connectivity index (χ1n) is 5.44. The quantitative estimate of drug-likeness (QED) is 0.697. The molecule has 0 heterocycles. The van der Waals surface area contributed by atoms with Crippen LogP contribution >= 0.6 is 0 Å². The smallest absolute Gasteiger partial charge is 0.426 e. The first-order valence-corrected chi connectivity index (χ1v) is 5.44. The average Bonchev–Trinajstić information content (AvgIpc) is 2.68. The predicted octanol–water partition coefficient (Wildman–Crippen LogP) is 1.34. The van der Waals surface area contributed by atoms with Crippen LogP contribution < -0.4 is 10.9 Å². The fourth-order valence-corrected chi connectivity index (χ4v) is 1.82. The molecule has 0 aromatic carbocycles. The highest BCUT2D eigenvalue weighted by atomic mass is 16.5. The minimum absolute atomic E-state index is 0.144. The van der Waals surface area contributed by atoms with Gasteiger partial charge < -0.3 is 4.74 Å². The van der Waals surface area contributed by atoms with Gasteiger partial charge in [0.15, 0.2) is 0 Å². The molecule has 1 rings (SSSR count). The maximum Gasteiger partial charge on any atom is 0.426 e. The largest absolute Gasteiger partial charge is 0.449 e. The van der Waals surface area contributed by atoms with Gasteiger partial charge in [0.25, 0.3) is 0 Å². The third kappa shape index (κ3) is 4.67. The molecule has 0 unspecified atom stereocenters. The number of carbonyl (C=O) groups is 2. The first kappa shape index (κ1) is 11.8. The lowest BCUT2D eigenvalue weighted by Gasteiger charge is -2.10.